The molecule has 0 aromatic heterocycles. The van der Waals surface area contributed by atoms with Crippen LogP contribution in [-0.2, 0) is 22.6 Å². The van der Waals surface area contributed by atoms with Crippen LogP contribution in [0.5, 0.6) is 5.75 Å². The molecule has 0 bridgehead atoms. The number of benzene rings is 2. The molecule has 1 N–H and O–H groups in total. The number of halogens is 2. The fourth-order valence-corrected chi connectivity index (χ4v) is 2.51. The van der Waals surface area contributed by atoms with Gasteiger partial charge in [-0.3, -0.25) is 9.59 Å². The summed E-state index contributed by atoms with van der Waals surface area (Å²) in [5.74, 6) is -1.38. The Kier molecular flexibility index (Phi) is 7.28. The lowest BCUT2D eigenvalue weighted by Crippen LogP contribution is -2.41. The second-order valence-electron chi connectivity index (χ2n) is 5.96. The van der Waals surface area contributed by atoms with Gasteiger partial charge in [-0.25, -0.2) is 8.78 Å². The minimum absolute atomic E-state index is 0.0139. The number of likely N-dealkylation sites (N-methyl/N-ethyl adjacent to an activating group) is 1. The summed E-state index contributed by atoms with van der Waals surface area (Å²) in [5.41, 5.74) is 1.26. The number of carbonyl (C=O) groups excluding carboxylic acids is 2. The predicted molar refractivity (Wildman–Crippen MR) is 97.2 cm³/mol. The van der Waals surface area contributed by atoms with Gasteiger partial charge in [0.1, 0.15) is 5.82 Å². The van der Waals surface area contributed by atoms with Crippen molar-refractivity contribution in [2.75, 3.05) is 20.2 Å². The fraction of sp³-hybridized carbons (Fsp3) is 0.300. The third-order valence-electron chi connectivity index (χ3n) is 4.04. The molecular formula is C20H22F2N2O3. The molecule has 0 aliphatic rings. The maximum absolute atomic E-state index is 13.7. The highest BCUT2D eigenvalue weighted by Gasteiger charge is 2.16. The molecule has 144 valence electrons. The standard InChI is InChI=1S/C20H22F2N2O3/c1-3-24(13-19(25)23-12-14-4-7-16(21)8-5-14)20(26)11-15-6-9-18(27-2)17(22)10-15/h4-10H,3,11-13H2,1-2H3,(H,23,25). The molecule has 0 spiro atoms. The van der Waals surface area contributed by atoms with Crippen molar-refractivity contribution in [3.8, 4) is 5.75 Å². The van der Waals surface area contributed by atoms with Gasteiger partial charge in [0.05, 0.1) is 20.1 Å². The molecule has 7 heteroatoms. The largest absolute Gasteiger partial charge is 0.494 e. The van der Waals surface area contributed by atoms with E-state index in [0.717, 1.165) is 5.56 Å². The smallest absolute Gasteiger partial charge is 0.239 e. The van der Waals surface area contributed by atoms with Crippen LogP contribution in [0.3, 0.4) is 0 Å². The number of amides is 2. The first-order valence-corrected chi connectivity index (χ1v) is 8.54. The predicted octanol–water partition coefficient (Wildman–Crippen LogP) is 2.68. The van der Waals surface area contributed by atoms with Gasteiger partial charge in [0.15, 0.2) is 11.6 Å². The minimum atomic E-state index is -0.539. The van der Waals surface area contributed by atoms with Crippen molar-refractivity contribution in [1.82, 2.24) is 10.2 Å². The highest BCUT2D eigenvalue weighted by atomic mass is 19.1. The number of nitrogens with one attached hydrogen (secondary N) is 1. The molecule has 27 heavy (non-hydrogen) atoms. The van der Waals surface area contributed by atoms with Crippen LogP contribution in [-0.4, -0.2) is 36.9 Å². The van der Waals surface area contributed by atoms with Gasteiger partial charge in [0, 0.05) is 13.1 Å². The highest BCUT2D eigenvalue weighted by Crippen LogP contribution is 2.18. The summed E-state index contributed by atoms with van der Waals surface area (Å²) in [6, 6.07) is 10.1. The Hall–Kier alpha value is -2.96. The molecule has 0 aliphatic heterocycles. The summed E-state index contributed by atoms with van der Waals surface area (Å²) in [4.78, 5) is 25.9. The maximum Gasteiger partial charge on any atom is 0.239 e. The lowest BCUT2D eigenvalue weighted by atomic mass is 10.1. The second kappa shape index (κ2) is 9.66. The molecule has 2 aromatic rings. The average Bonchev–Trinajstić information content (AvgIpc) is 2.65. The van der Waals surface area contributed by atoms with Crippen LogP contribution in [0.25, 0.3) is 0 Å². The molecule has 0 heterocycles. The van der Waals surface area contributed by atoms with Crippen LogP contribution < -0.4 is 10.1 Å². The van der Waals surface area contributed by atoms with Gasteiger partial charge >= 0.3 is 0 Å². The quantitative estimate of drug-likeness (QED) is 0.771. The van der Waals surface area contributed by atoms with Crippen LogP contribution in [0.15, 0.2) is 42.5 Å². The van der Waals surface area contributed by atoms with E-state index in [0.29, 0.717) is 12.1 Å². The Bertz CT molecular complexity index is 794. The van der Waals surface area contributed by atoms with Crippen molar-refractivity contribution in [2.24, 2.45) is 0 Å². The Morgan fingerprint density at radius 3 is 2.33 bits per heavy atom. The monoisotopic (exact) mass is 376 g/mol. The average molecular weight is 376 g/mol. The van der Waals surface area contributed by atoms with Gasteiger partial charge in [-0.15, -0.1) is 0 Å². The van der Waals surface area contributed by atoms with Gasteiger partial charge in [-0.2, -0.15) is 0 Å². The van der Waals surface area contributed by atoms with E-state index in [1.165, 1.54) is 36.3 Å². The Balaban J connectivity index is 1.89. The van der Waals surface area contributed by atoms with Crippen LogP contribution in [0.1, 0.15) is 18.1 Å². The van der Waals surface area contributed by atoms with Crippen LogP contribution >= 0.6 is 0 Å². The Morgan fingerprint density at radius 2 is 1.74 bits per heavy atom. The SMILES string of the molecule is CCN(CC(=O)NCc1ccc(F)cc1)C(=O)Cc1ccc(OC)c(F)c1. The highest BCUT2D eigenvalue weighted by molar-refractivity contribution is 5.85. The second-order valence-corrected chi connectivity index (χ2v) is 5.96. The van der Waals surface area contributed by atoms with Crippen molar-refractivity contribution in [3.63, 3.8) is 0 Å². The van der Waals surface area contributed by atoms with E-state index in [2.05, 4.69) is 5.32 Å². The van der Waals surface area contributed by atoms with Gasteiger partial charge < -0.3 is 15.0 Å². The number of hydrogen-bond donors (Lipinski definition) is 1. The van der Waals surface area contributed by atoms with E-state index in [4.69, 9.17) is 4.74 Å². The van der Waals surface area contributed by atoms with E-state index >= 15 is 0 Å². The number of ether oxygens (including phenoxy) is 1. The molecule has 2 aromatic carbocycles. The van der Waals surface area contributed by atoms with Crippen molar-refractivity contribution >= 4 is 11.8 Å². The zero-order valence-corrected chi connectivity index (χ0v) is 15.3. The first-order valence-electron chi connectivity index (χ1n) is 8.54. The molecule has 2 amide bonds. The van der Waals surface area contributed by atoms with E-state index in [9.17, 15) is 18.4 Å². The molecule has 0 radical (unpaired) electrons. The summed E-state index contributed by atoms with van der Waals surface area (Å²) in [6.45, 7) is 2.25. The molecule has 0 unspecified atom stereocenters. The number of carbonyl (C=O) groups is 2. The van der Waals surface area contributed by atoms with E-state index in [1.54, 1.807) is 25.1 Å². The zero-order valence-electron chi connectivity index (χ0n) is 15.3. The minimum Gasteiger partial charge on any atom is -0.494 e. The molecule has 5 nitrogen and oxygen atoms in total. The summed E-state index contributed by atoms with van der Waals surface area (Å²) >= 11 is 0. The lowest BCUT2D eigenvalue weighted by Gasteiger charge is -2.20. The van der Waals surface area contributed by atoms with Gasteiger partial charge in [0.2, 0.25) is 11.8 Å². The number of rotatable bonds is 8. The normalized spacial score (nSPS) is 10.4. The lowest BCUT2D eigenvalue weighted by molar-refractivity contribution is -0.135. The number of nitrogens with zero attached hydrogens (tertiary/aromatic N) is 1. The summed E-state index contributed by atoms with van der Waals surface area (Å²) in [5, 5.41) is 2.69. The molecule has 0 saturated heterocycles. The van der Waals surface area contributed by atoms with E-state index < -0.39 is 5.82 Å². The van der Waals surface area contributed by atoms with E-state index in [-0.39, 0.29) is 42.9 Å². The van der Waals surface area contributed by atoms with Crippen molar-refractivity contribution in [1.29, 1.82) is 0 Å². The van der Waals surface area contributed by atoms with Gasteiger partial charge in [-0.1, -0.05) is 18.2 Å². The van der Waals surface area contributed by atoms with Crippen LogP contribution in [0, 0.1) is 11.6 Å². The van der Waals surface area contributed by atoms with Crippen LogP contribution in [0.2, 0.25) is 0 Å². The summed E-state index contributed by atoms with van der Waals surface area (Å²) in [6.07, 6.45) is -0.0139. The molecule has 2 rings (SSSR count). The topological polar surface area (TPSA) is 58.6 Å². The van der Waals surface area contributed by atoms with Crippen molar-refractivity contribution in [3.05, 3.63) is 65.2 Å². The summed E-state index contributed by atoms with van der Waals surface area (Å²) in [7, 11) is 1.37. The molecule has 0 atom stereocenters. The molecule has 0 aliphatic carbocycles. The Morgan fingerprint density at radius 1 is 1.07 bits per heavy atom. The van der Waals surface area contributed by atoms with Crippen LogP contribution in [0.4, 0.5) is 8.78 Å². The first-order chi connectivity index (χ1) is 12.9. The maximum atomic E-state index is 13.7. The van der Waals surface area contributed by atoms with Gasteiger partial charge in [0.25, 0.3) is 0 Å². The summed E-state index contributed by atoms with van der Waals surface area (Å²) < 4.78 is 31.5. The zero-order chi connectivity index (χ0) is 19.8. The number of hydrogen-bond acceptors (Lipinski definition) is 3. The Labute approximate surface area is 156 Å². The third kappa shape index (κ3) is 6.06. The van der Waals surface area contributed by atoms with Crippen molar-refractivity contribution in [2.45, 2.75) is 19.9 Å². The number of methoxy groups -OCH3 is 1. The van der Waals surface area contributed by atoms with E-state index in [1.807, 2.05) is 0 Å². The van der Waals surface area contributed by atoms with Crippen molar-refractivity contribution < 1.29 is 23.1 Å². The molecular weight excluding hydrogens is 354 g/mol. The third-order valence-corrected chi connectivity index (χ3v) is 4.04. The molecule has 0 saturated carbocycles. The fourth-order valence-electron chi connectivity index (χ4n) is 2.51. The molecule has 0 fully saturated rings. The van der Waals surface area contributed by atoms with Gasteiger partial charge in [-0.05, 0) is 42.3 Å². The first kappa shape index (κ1) is 20.4.